The van der Waals surface area contributed by atoms with E-state index in [0.717, 1.165) is 19.0 Å². The number of piperazine rings is 1. The Morgan fingerprint density at radius 3 is 2.88 bits per heavy atom. The molecular weight excluding hydrogens is 328 g/mol. The van der Waals surface area contributed by atoms with Gasteiger partial charge in [0.2, 0.25) is 0 Å². The Kier molecular flexibility index (Phi) is 5.58. The zero-order chi connectivity index (χ0) is 17.1. The molecular formula is C17H25ClN4O2. The van der Waals surface area contributed by atoms with Gasteiger partial charge < -0.3 is 15.3 Å². The number of urea groups is 1. The number of pyridine rings is 1. The summed E-state index contributed by atoms with van der Waals surface area (Å²) < 4.78 is 0. The fraction of sp³-hybridized carbons (Fsp3) is 0.647. The zero-order valence-electron chi connectivity index (χ0n) is 14.0. The lowest BCUT2D eigenvalue weighted by atomic mass is 10.1. The molecule has 2 fully saturated rings. The molecule has 24 heavy (non-hydrogen) atoms. The third-order valence-corrected chi connectivity index (χ3v) is 5.05. The normalized spacial score (nSPS) is 21.8. The quantitative estimate of drug-likeness (QED) is 0.798. The SMILES string of the molecule is Cc1nc(Cl)ccc1NC(=O)N1CCN(CC2CC2)[C@@H](CCO)C1. The summed E-state index contributed by atoms with van der Waals surface area (Å²) in [7, 11) is 0. The molecule has 2 aliphatic rings. The summed E-state index contributed by atoms with van der Waals surface area (Å²) in [5, 5.41) is 12.7. The number of rotatable bonds is 5. The number of carbonyl (C=O) groups is 1. The van der Waals surface area contributed by atoms with Gasteiger partial charge in [-0.3, -0.25) is 4.90 Å². The second-order valence-electron chi connectivity index (χ2n) is 6.75. The number of aliphatic hydroxyl groups is 1. The molecule has 1 atom stereocenters. The fourth-order valence-corrected chi connectivity index (χ4v) is 3.42. The van der Waals surface area contributed by atoms with E-state index in [9.17, 15) is 9.90 Å². The van der Waals surface area contributed by atoms with E-state index in [4.69, 9.17) is 11.6 Å². The van der Waals surface area contributed by atoms with Crippen molar-refractivity contribution in [2.75, 3.05) is 38.1 Å². The molecule has 2 heterocycles. The highest BCUT2D eigenvalue weighted by atomic mass is 35.5. The van der Waals surface area contributed by atoms with Crippen molar-refractivity contribution in [3.05, 3.63) is 23.0 Å². The Morgan fingerprint density at radius 2 is 2.21 bits per heavy atom. The van der Waals surface area contributed by atoms with Crippen molar-refractivity contribution in [1.82, 2.24) is 14.8 Å². The largest absolute Gasteiger partial charge is 0.396 e. The van der Waals surface area contributed by atoms with Crippen molar-refractivity contribution in [3.8, 4) is 0 Å². The Hall–Kier alpha value is -1.37. The molecule has 1 saturated carbocycles. The van der Waals surface area contributed by atoms with E-state index in [1.165, 1.54) is 12.8 Å². The maximum atomic E-state index is 12.6. The van der Waals surface area contributed by atoms with Gasteiger partial charge in [-0.25, -0.2) is 9.78 Å². The summed E-state index contributed by atoms with van der Waals surface area (Å²) in [5.74, 6) is 0.814. The lowest BCUT2D eigenvalue weighted by molar-refractivity contribution is 0.0739. The number of anilines is 1. The van der Waals surface area contributed by atoms with E-state index in [1.807, 2.05) is 11.8 Å². The summed E-state index contributed by atoms with van der Waals surface area (Å²) in [6.45, 7) is 5.30. The molecule has 7 heteroatoms. The summed E-state index contributed by atoms with van der Waals surface area (Å²) in [5.41, 5.74) is 1.39. The minimum atomic E-state index is -0.115. The van der Waals surface area contributed by atoms with Crippen molar-refractivity contribution in [3.63, 3.8) is 0 Å². The van der Waals surface area contributed by atoms with E-state index in [0.29, 0.717) is 36.0 Å². The lowest BCUT2D eigenvalue weighted by Crippen LogP contribution is -2.56. The van der Waals surface area contributed by atoms with Crippen LogP contribution in [0.1, 0.15) is 25.0 Å². The lowest BCUT2D eigenvalue weighted by Gasteiger charge is -2.41. The second-order valence-corrected chi connectivity index (χ2v) is 7.13. The van der Waals surface area contributed by atoms with Gasteiger partial charge in [0.25, 0.3) is 0 Å². The van der Waals surface area contributed by atoms with Crippen LogP contribution in [-0.2, 0) is 0 Å². The van der Waals surface area contributed by atoms with Gasteiger partial charge in [0, 0.05) is 38.8 Å². The molecule has 2 N–H and O–H groups in total. The molecule has 1 saturated heterocycles. The first-order valence-electron chi connectivity index (χ1n) is 8.61. The van der Waals surface area contributed by atoms with Crippen LogP contribution in [0.25, 0.3) is 0 Å². The predicted octanol–water partition coefficient (Wildman–Crippen LogP) is 2.35. The van der Waals surface area contributed by atoms with E-state index < -0.39 is 0 Å². The smallest absolute Gasteiger partial charge is 0.321 e. The van der Waals surface area contributed by atoms with Crippen LogP contribution < -0.4 is 5.32 Å². The Balaban J connectivity index is 1.60. The molecule has 6 nitrogen and oxygen atoms in total. The van der Waals surface area contributed by atoms with Crippen molar-refractivity contribution in [1.29, 1.82) is 0 Å². The standard InChI is InChI=1S/C17H25ClN4O2/c1-12-15(4-5-16(18)19-12)20-17(24)22-8-7-21(10-13-2-3-13)14(11-22)6-9-23/h4-5,13-14,23H,2-3,6-11H2,1H3,(H,20,24)/t14-/m0/s1. The van der Waals surface area contributed by atoms with Gasteiger partial charge in [-0.05, 0) is 44.2 Å². The molecule has 1 aliphatic carbocycles. The maximum Gasteiger partial charge on any atom is 0.321 e. The number of carbonyl (C=O) groups excluding carboxylic acids is 1. The molecule has 1 aromatic heterocycles. The van der Waals surface area contributed by atoms with Crippen LogP contribution in [0.2, 0.25) is 5.15 Å². The summed E-state index contributed by atoms with van der Waals surface area (Å²) in [4.78, 5) is 21.0. The maximum absolute atomic E-state index is 12.6. The minimum absolute atomic E-state index is 0.115. The third-order valence-electron chi connectivity index (χ3n) is 4.84. The minimum Gasteiger partial charge on any atom is -0.396 e. The summed E-state index contributed by atoms with van der Waals surface area (Å²) >= 11 is 5.86. The monoisotopic (exact) mass is 352 g/mol. The van der Waals surface area contributed by atoms with Gasteiger partial charge in [-0.1, -0.05) is 11.6 Å². The third kappa shape index (κ3) is 4.37. The topological polar surface area (TPSA) is 68.7 Å². The Bertz CT molecular complexity index is 594. The number of hydrogen-bond acceptors (Lipinski definition) is 4. The number of amides is 2. The van der Waals surface area contributed by atoms with Gasteiger partial charge in [-0.15, -0.1) is 0 Å². The molecule has 0 aromatic carbocycles. The van der Waals surface area contributed by atoms with Gasteiger partial charge >= 0.3 is 6.03 Å². The first-order valence-corrected chi connectivity index (χ1v) is 8.98. The van der Waals surface area contributed by atoms with Crippen molar-refractivity contribution >= 4 is 23.3 Å². The highest BCUT2D eigenvalue weighted by molar-refractivity contribution is 6.29. The average molecular weight is 353 g/mol. The molecule has 1 aromatic rings. The van der Waals surface area contributed by atoms with Crippen LogP contribution in [0.4, 0.5) is 10.5 Å². The first kappa shape index (κ1) is 17.5. The van der Waals surface area contributed by atoms with E-state index in [1.54, 1.807) is 12.1 Å². The number of aryl methyl sites for hydroxylation is 1. The van der Waals surface area contributed by atoms with Crippen LogP contribution in [0, 0.1) is 12.8 Å². The molecule has 3 rings (SSSR count). The van der Waals surface area contributed by atoms with Crippen LogP contribution in [0.5, 0.6) is 0 Å². The highest BCUT2D eigenvalue weighted by Gasteiger charge is 2.33. The van der Waals surface area contributed by atoms with Gasteiger partial charge in [0.05, 0.1) is 11.4 Å². The number of aromatic nitrogens is 1. The van der Waals surface area contributed by atoms with Gasteiger partial charge in [0.15, 0.2) is 0 Å². The van der Waals surface area contributed by atoms with E-state index in [2.05, 4.69) is 15.2 Å². The number of nitrogens with zero attached hydrogens (tertiary/aromatic N) is 3. The summed E-state index contributed by atoms with van der Waals surface area (Å²) in [6, 6.07) is 3.57. The average Bonchev–Trinajstić information content (AvgIpc) is 3.36. The second kappa shape index (κ2) is 7.68. The van der Waals surface area contributed by atoms with Crippen LogP contribution >= 0.6 is 11.6 Å². The van der Waals surface area contributed by atoms with Crippen LogP contribution in [0.15, 0.2) is 12.1 Å². The van der Waals surface area contributed by atoms with E-state index >= 15 is 0 Å². The number of hydrogen-bond donors (Lipinski definition) is 2. The van der Waals surface area contributed by atoms with Gasteiger partial charge in [-0.2, -0.15) is 0 Å². The van der Waals surface area contributed by atoms with E-state index in [-0.39, 0.29) is 18.7 Å². The Labute approximate surface area is 147 Å². The Morgan fingerprint density at radius 1 is 1.42 bits per heavy atom. The molecule has 1 aliphatic heterocycles. The van der Waals surface area contributed by atoms with Crippen LogP contribution in [0.3, 0.4) is 0 Å². The van der Waals surface area contributed by atoms with Crippen molar-refractivity contribution in [2.45, 2.75) is 32.2 Å². The number of halogens is 1. The number of nitrogens with one attached hydrogen (secondary N) is 1. The van der Waals surface area contributed by atoms with Gasteiger partial charge in [0.1, 0.15) is 5.15 Å². The molecule has 2 amide bonds. The van der Waals surface area contributed by atoms with Crippen molar-refractivity contribution < 1.29 is 9.90 Å². The zero-order valence-corrected chi connectivity index (χ0v) is 14.8. The van der Waals surface area contributed by atoms with Crippen molar-refractivity contribution in [2.24, 2.45) is 5.92 Å². The molecule has 0 spiro atoms. The van der Waals surface area contributed by atoms with Crippen LogP contribution in [-0.4, -0.2) is 64.7 Å². The summed E-state index contributed by atoms with van der Waals surface area (Å²) in [6.07, 6.45) is 3.34. The predicted molar refractivity (Wildman–Crippen MR) is 94.4 cm³/mol. The fourth-order valence-electron chi connectivity index (χ4n) is 3.23. The molecule has 132 valence electrons. The molecule has 0 bridgehead atoms. The number of aliphatic hydroxyl groups excluding tert-OH is 1. The highest BCUT2D eigenvalue weighted by Crippen LogP contribution is 2.31. The first-order chi connectivity index (χ1) is 11.6. The molecule has 0 unspecified atom stereocenters. The molecule has 0 radical (unpaired) electrons.